The lowest BCUT2D eigenvalue weighted by Crippen LogP contribution is -2.34. The van der Waals surface area contributed by atoms with Gasteiger partial charge < -0.3 is 19.7 Å². The second-order valence-corrected chi connectivity index (χ2v) is 8.50. The maximum Gasteiger partial charge on any atom is 0.184 e. The van der Waals surface area contributed by atoms with Gasteiger partial charge in [0.2, 0.25) is 0 Å². The summed E-state index contributed by atoms with van der Waals surface area (Å²) in [4.78, 5) is 0. The largest absolute Gasteiger partial charge is 0.385 e. The number of aliphatic hydroxyl groups excluding tert-OH is 2. The molecule has 2 rings (SSSR count). The molecule has 1 aromatic rings. The topological polar surface area (TPSA) is 58.9 Å². The molecule has 0 amide bonds. The molecule has 1 aromatic carbocycles. The van der Waals surface area contributed by atoms with E-state index in [9.17, 15) is 10.2 Å². The van der Waals surface area contributed by atoms with Crippen molar-refractivity contribution in [2.24, 2.45) is 0 Å². The Labute approximate surface area is 183 Å². The molecule has 170 valence electrons. The molecule has 0 unspecified atom stereocenters. The summed E-state index contributed by atoms with van der Waals surface area (Å²) < 4.78 is 11.3. The van der Waals surface area contributed by atoms with Crippen LogP contribution in [0.3, 0.4) is 0 Å². The zero-order chi connectivity index (χ0) is 21.4. The van der Waals surface area contributed by atoms with Gasteiger partial charge in [-0.05, 0) is 18.4 Å². The van der Waals surface area contributed by atoms with Gasteiger partial charge in [0.15, 0.2) is 6.29 Å². The molecule has 0 spiro atoms. The number of hydrogen-bond acceptors (Lipinski definition) is 4. The predicted octanol–water partition coefficient (Wildman–Crippen LogP) is 5.91. The minimum atomic E-state index is -1.19. The van der Waals surface area contributed by atoms with E-state index in [0.717, 1.165) is 12.0 Å². The lowest BCUT2D eigenvalue weighted by molar-refractivity contribution is -0.121. The van der Waals surface area contributed by atoms with Gasteiger partial charge >= 0.3 is 0 Å². The highest BCUT2D eigenvalue weighted by atomic mass is 16.7. The van der Waals surface area contributed by atoms with E-state index in [2.05, 4.69) is 13.0 Å². The quantitative estimate of drug-likeness (QED) is 0.259. The Morgan fingerprint density at radius 1 is 0.867 bits per heavy atom. The van der Waals surface area contributed by atoms with Crippen LogP contribution in [0, 0.1) is 0 Å². The molecule has 0 radical (unpaired) electrons. The van der Waals surface area contributed by atoms with Crippen molar-refractivity contribution < 1.29 is 19.7 Å². The highest BCUT2D eigenvalue weighted by Crippen LogP contribution is 2.25. The minimum Gasteiger partial charge on any atom is -0.385 e. The van der Waals surface area contributed by atoms with Crippen LogP contribution in [0.5, 0.6) is 0 Å². The van der Waals surface area contributed by atoms with E-state index in [1.165, 1.54) is 70.6 Å². The van der Waals surface area contributed by atoms with Crippen molar-refractivity contribution in [1.82, 2.24) is 0 Å². The van der Waals surface area contributed by atoms with Crippen LogP contribution in [0.25, 0.3) is 0 Å². The van der Waals surface area contributed by atoms with Crippen molar-refractivity contribution in [1.29, 1.82) is 0 Å². The van der Waals surface area contributed by atoms with E-state index >= 15 is 0 Å². The number of aliphatic hydroxyl groups is 2. The third-order valence-corrected chi connectivity index (χ3v) is 5.83. The summed E-state index contributed by atoms with van der Waals surface area (Å²) in [7, 11) is 0. The SMILES string of the molecule is CCCCCCCCCCCCC/C=C/[C@H]1O[C@H](O)[C@H](O)[C@H]1OCc1ccccc1. The molecule has 0 aromatic heterocycles. The van der Waals surface area contributed by atoms with Crippen LogP contribution in [0.2, 0.25) is 0 Å². The summed E-state index contributed by atoms with van der Waals surface area (Å²) in [6.45, 7) is 2.66. The van der Waals surface area contributed by atoms with E-state index in [-0.39, 0.29) is 0 Å². The van der Waals surface area contributed by atoms with Gasteiger partial charge in [0.1, 0.15) is 18.3 Å². The van der Waals surface area contributed by atoms with Gasteiger partial charge in [-0.2, -0.15) is 0 Å². The van der Waals surface area contributed by atoms with Crippen molar-refractivity contribution in [3.8, 4) is 0 Å². The fraction of sp³-hybridized carbons (Fsp3) is 0.692. The van der Waals surface area contributed by atoms with E-state index in [1.54, 1.807) is 0 Å². The van der Waals surface area contributed by atoms with Crippen molar-refractivity contribution in [3.63, 3.8) is 0 Å². The van der Waals surface area contributed by atoms with Gasteiger partial charge in [0.05, 0.1) is 6.61 Å². The Balaban J connectivity index is 1.55. The molecule has 2 N–H and O–H groups in total. The molecule has 0 aliphatic carbocycles. The van der Waals surface area contributed by atoms with E-state index in [4.69, 9.17) is 9.47 Å². The molecule has 1 aliphatic rings. The molecule has 4 atom stereocenters. The van der Waals surface area contributed by atoms with Crippen molar-refractivity contribution >= 4 is 0 Å². The number of rotatable bonds is 16. The van der Waals surface area contributed by atoms with E-state index in [0.29, 0.717) is 6.61 Å². The molecule has 30 heavy (non-hydrogen) atoms. The normalized spacial score (nSPS) is 24.1. The summed E-state index contributed by atoms with van der Waals surface area (Å²) >= 11 is 0. The van der Waals surface area contributed by atoms with Gasteiger partial charge in [-0.25, -0.2) is 0 Å². The third-order valence-electron chi connectivity index (χ3n) is 5.83. The molecule has 1 aliphatic heterocycles. The Morgan fingerprint density at radius 3 is 2.10 bits per heavy atom. The lowest BCUT2D eigenvalue weighted by atomic mass is 10.0. The Kier molecular flexibility index (Phi) is 13.0. The van der Waals surface area contributed by atoms with Crippen molar-refractivity contribution in [2.75, 3.05) is 0 Å². The van der Waals surface area contributed by atoms with Gasteiger partial charge in [0, 0.05) is 0 Å². The minimum absolute atomic E-state index is 0.390. The first-order valence-electron chi connectivity index (χ1n) is 12.1. The number of ether oxygens (including phenoxy) is 2. The summed E-state index contributed by atoms with van der Waals surface area (Å²) in [5.74, 6) is 0. The highest BCUT2D eigenvalue weighted by molar-refractivity contribution is 5.13. The average Bonchev–Trinajstić information content (AvgIpc) is 3.03. The van der Waals surface area contributed by atoms with Crippen LogP contribution in [0.15, 0.2) is 42.5 Å². The molecule has 1 saturated heterocycles. The van der Waals surface area contributed by atoms with Crippen LogP contribution in [0.1, 0.15) is 89.5 Å². The van der Waals surface area contributed by atoms with Gasteiger partial charge in [-0.3, -0.25) is 0 Å². The van der Waals surface area contributed by atoms with Gasteiger partial charge in [0.25, 0.3) is 0 Å². The number of benzene rings is 1. The van der Waals surface area contributed by atoms with Crippen LogP contribution in [-0.2, 0) is 16.1 Å². The first-order valence-corrected chi connectivity index (χ1v) is 12.1. The maximum atomic E-state index is 10.2. The van der Waals surface area contributed by atoms with Crippen LogP contribution < -0.4 is 0 Å². The fourth-order valence-corrected chi connectivity index (χ4v) is 3.95. The number of unbranched alkanes of at least 4 members (excludes halogenated alkanes) is 11. The molecule has 0 saturated carbocycles. The van der Waals surface area contributed by atoms with Crippen LogP contribution in [-0.4, -0.2) is 34.8 Å². The molecular weight excluding hydrogens is 376 g/mol. The highest BCUT2D eigenvalue weighted by Gasteiger charge is 2.42. The second kappa shape index (κ2) is 15.6. The smallest absolute Gasteiger partial charge is 0.184 e. The molecule has 1 heterocycles. The van der Waals surface area contributed by atoms with Gasteiger partial charge in [-0.1, -0.05) is 114 Å². The Morgan fingerprint density at radius 2 is 1.47 bits per heavy atom. The van der Waals surface area contributed by atoms with E-state index in [1.807, 2.05) is 36.4 Å². The van der Waals surface area contributed by atoms with E-state index < -0.39 is 24.6 Å². The first kappa shape index (κ1) is 25.1. The lowest BCUT2D eigenvalue weighted by Gasteiger charge is -2.18. The zero-order valence-corrected chi connectivity index (χ0v) is 18.8. The summed E-state index contributed by atoms with van der Waals surface area (Å²) in [5, 5.41) is 20.0. The molecular formula is C26H42O4. The zero-order valence-electron chi connectivity index (χ0n) is 18.8. The molecule has 4 heteroatoms. The van der Waals surface area contributed by atoms with Crippen molar-refractivity contribution in [3.05, 3.63) is 48.0 Å². The summed E-state index contributed by atoms with van der Waals surface area (Å²) in [6.07, 6.45) is 16.6. The summed E-state index contributed by atoms with van der Waals surface area (Å²) in [5.41, 5.74) is 1.04. The second-order valence-electron chi connectivity index (χ2n) is 8.50. The average molecular weight is 419 g/mol. The molecule has 4 nitrogen and oxygen atoms in total. The maximum absolute atomic E-state index is 10.2. The molecule has 0 bridgehead atoms. The monoisotopic (exact) mass is 418 g/mol. The third kappa shape index (κ3) is 9.74. The van der Waals surface area contributed by atoms with Gasteiger partial charge in [-0.15, -0.1) is 0 Å². The van der Waals surface area contributed by atoms with Crippen molar-refractivity contribution in [2.45, 2.75) is 115 Å². The fourth-order valence-electron chi connectivity index (χ4n) is 3.95. The van der Waals surface area contributed by atoms with Crippen LogP contribution >= 0.6 is 0 Å². The van der Waals surface area contributed by atoms with Crippen LogP contribution in [0.4, 0.5) is 0 Å². The number of allylic oxidation sites excluding steroid dienone is 1. The standard InChI is InChI=1S/C26H42O4/c1-2-3-4-5-6-7-8-9-10-11-12-13-17-20-23-25(24(27)26(28)30-23)29-21-22-18-15-14-16-19-22/h14-20,23-28H,2-13,21H2,1H3/b20-17+/t23-,24-,25+,26+/m1/s1. The predicted molar refractivity (Wildman–Crippen MR) is 122 cm³/mol. The molecule has 1 fully saturated rings. The Hall–Kier alpha value is -1.20. The first-order chi connectivity index (χ1) is 14.7. The Bertz CT molecular complexity index is 559. The summed E-state index contributed by atoms with van der Waals surface area (Å²) in [6, 6.07) is 9.84. The number of hydrogen-bond donors (Lipinski definition) is 2.